The maximum Gasteiger partial charge on any atom is 0.242 e. The fraction of sp³-hybridized carbons (Fsp3) is 0.800. The van der Waals surface area contributed by atoms with Gasteiger partial charge in [0, 0.05) is 19.0 Å². The standard InChI is InChI=1S/C10H17N3O2/c11-5-8(6-1-2-6)13-10(15)7-3-4-9(14)12-7/h6-8H,1-5,11H2,(H,12,14)(H,13,15). The van der Waals surface area contributed by atoms with Gasteiger partial charge in [-0.3, -0.25) is 9.59 Å². The van der Waals surface area contributed by atoms with Gasteiger partial charge >= 0.3 is 0 Å². The fourth-order valence-electron chi connectivity index (χ4n) is 1.96. The molecule has 2 unspecified atom stereocenters. The van der Waals surface area contributed by atoms with Gasteiger partial charge in [0.05, 0.1) is 0 Å². The van der Waals surface area contributed by atoms with E-state index in [9.17, 15) is 9.59 Å². The Morgan fingerprint density at radius 3 is 2.73 bits per heavy atom. The number of amides is 2. The lowest BCUT2D eigenvalue weighted by molar-refractivity contribution is -0.126. The Bertz CT molecular complexity index is 276. The summed E-state index contributed by atoms with van der Waals surface area (Å²) in [6, 6.07) is -0.250. The maximum atomic E-state index is 11.7. The normalized spacial score (nSPS) is 27.3. The van der Waals surface area contributed by atoms with E-state index in [1.807, 2.05) is 0 Å². The summed E-state index contributed by atoms with van der Waals surface area (Å²) in [5, 5.41) is 5.56. The van der Waals surface area contributed by atoms with E-state index < -0.39 is 0 Å². The van der Waals surface area contributed by atoms with Gasteiger partial charge < -0.3 is 16.4 Å². The van der Waals surface area contributed by atoms with Crippen LogP contribution in [-0.4, -0.2) is 30.4 Å². The molecular formula is C10H17N3O2. The van der Waals surface area contributed by atoms with Crippen molar-refractivity contribution in [2.75, 3.05) is 6.54 Å². The molecule has 15 heavy (non-hydrogen) atoms. The molecule has 5 heteroatoms. The highest BCUT2D eigenvalue weighted by Gasteiger charge is 2.34. The van der Waals surface area contributed by atoms with Crippen LogP contribution in [0.2, 0.25) is 0 Å². The summed E-state index contributed by atoms with van der Waals surface area (Å²) in [6.45, 7) is 0.483. The van der Waals surface area contributed by atoms with Crippen molar-refractivity contribution >= 4 is 11.8 Å². The molecule has 1 saturated carbocycles. The topological polar surface area (TPSA) is 84.2 Å². The van der Waals surface area contributed by atoms with Crippen LogP contribution in [0.3, 0.4) is 0 Å². The molecule has 84 valence electrons. The van der Waals surface area contributed by atoms with Crippen molar-refractivity contribution in [1.82, 2.24) is 10.6 Å². The van der Waals surface area contributed by atoms with Gasteiger partial charge in [-0.2, -0.15) is 0 Å². The summed E-state index contributed by atoms with van der Waals surface area (Å²) in [6.07, 6.45) is 3.36. The molecule has 1 saturated heterocycles. The van der Waals surface area contributed by atoms with Gasteiger partial charge in [-0.15, -0.1) is 0 Å². The maximum absolute atomic E-state index is 11.7. The molecule has 4 N–H and O–H groups in total. The highest BCUT2D eigenvalue weighted by molar-refractivity contribution is 5.90. The van der Waals surface area contributed by atoms with Crippen LogP contribution in [0.25, 0.3) is 0 Å². The van der Waals surface area contributed by atoms with Crippen LogP contribution < -0.4 is 16.4 Å². The Balaban J connectivity index is 1.82. The lowest BCUT2D eigenvalue weighted by Gasteiger charge is -2.18. The molecule has 0 spiro atoms. The molecule has 2 atom stereocenters. The Morgan fingerprint density at radius 2 is 2.27 bits per heavy atom. The number of hydrogen-bond acceptors (Lipinski definition) is 3. The van der Waals surface area contributed by atoms with E-state index in [1.165, 1.54) is 0 Å². The number of hydrogen-bond donors (Lipinski definition) is 3. The third-order valence-electron chi connectivity index (χ3n) is 3.08. The Morgan fingerprint density at radius 1 is 1.53 bits per heavy atom. The summed E-state index contributed by atoms with van der Waals surface area (Å²) >= 11 is 0. The van der Waals surface area contributed by atoms with Crippen molar-refractivity contribution in [3.8, 4) is 0 Å². The molecule has 5 nitrogen and oxygen atoms in total. The molecule has 0 aromatic heterocycles. The van der Waals surface area contributed by atoms with E-state index in [-0.39, 0.29) is 23.9 Å². The zero-order chi connectivity index (χ0) is 10.8. The number of nitrogens with two attached hydrogens (primary N) is 1. The number of carbonyl (C=O) groups is 2. The van der Waals surface area contributed by atoms with Crippen LogP contribution in [0.1, 0.15) is 25.7 Å². The fourth-order valence-corrected chi connectivity index (χ4v) is 1.96. The quantitative estimate of drug-likeness (QED) is 0.564. The van der Waals surface area contributed by atoms with Crippen molar-refractivity contribution in [3.63, 3.8) is 0 Å². The van der Waals surface area contributed by atoms with E-state index in [4.69, 9.17) is 5.73 Å². The Kier molecular flexibility index (Phi) is 2.90. The first kappa shape index (κ1) is 10.4. The molecule has 1 aliphatic heterocycles. The van der Waals surface area contributed by atoms with Gasteiger partial charge in [0.1, 0.15) is 6.04 Å². The number of nitrogens with one attached hydrogen (secondary N) is 2. The summed E-state index contributed by atoms with van der Waals surface area (Å²) < 4.78 is 0. The zero-order valence-electron chi connectivity index (χ0n) is 8.66. The predicted octanol–water partition coefficient (Wildman–Crippen LogP) is -0.881. The van der Waals surface area contributed by atoms with E-state index in [0.717, 1.165) is 12.8 Å². The van der Waals surface area contributed by atoms with Crippen molar-refractivity contribution in [1.29, 1.82) is 0 Å². The van der Waals surface area contributed by atoms with Gasteiger partial charge in [-0.05, 0) is 25.2 Å². The first-order chi connectivity index (χ1) is 7.20. The molecule has 2 amide bonds. The minimum Gasteiger partial charge on any atom is -0.350 e. The molecule has 0 bridgehead atoms. The van der Waals surface area contributed by atoms with Crippen molar-refractivity contribution < 1.29 is 9.59 Å². The van der Waals surface area contributed by atoms with Gasteiger partial charge in [0.2, 0.25) is 11.8 Å². The largest absolute Gasteiger partial charge is 0.350 e. The summed E-state index contributed by atoms with van der Waals surface area (Å²) in [7, 11) is 0. The molecule has 2 aliphatic rings. The highest BCUT2D eigenvalue weighted by Crippen LogP contribution is 2.32. The molecular weight excluding hydrogens is 194 g/mol. The SMILES string of the molecule is NCC(NC(=O)C1CCC(=O)N1)C1CC1. The highest BCUT2D eigenvalue weighted by atomic mass is 16.2. The molecule has 1 aliphatic carbocycles. The van der Waals surface area contributed by atoms with Crippen molar-refractivity contribution in [3.05, 3.63) is 0 Å². The second-order valence-corrected chi connectivity index (χ2v) is 4.35. The molecule has 2 rings (SSSR count). The molecule has 0 aromatic rings. The van der Waals surface area contributed by atoms with Crippen LogP contribution in [0.15, 0.2) is 0 Å². The summed E-state index contributed by atoms with van der Waals surface area (Å²) in [5.41, 5.74) is 5.59. The van der Waals surface area contributed by atoms with E-state index >= 15 is 0 Å². The van der Waals surface area contributed by atoms with Gasteiger partial charge in [-0.1, -0.05) is 0 Å². The first-order valence-electron chi connectivity index (χ1n) is 5.50. The Hall–Kier alpha value is -1.10. The summed E-state index contributed by atoms with van der Waals surface area (Å²) in [5.74, 6) is 0.435. The van der Waals surface area contributed by atoms with Gasteiger partial charge in [0.15, 0.2) is 0 Å². The number of rotatable bonds is 4. The van der Waals surface area contributed by atoms with Crippen LogP contribution in [0.5, 0.6) is 0 Å². The number of carbonyl (C=O) groups excluding carboxylic acids is 2. The lowest BCUT2D eigenvalue weighted by atomic mass is 10.1. The van der Waals surface area contributed by atoms with Crippen molar-refractivity contribution in [2.24, 2.45) is 11.7 Å². The van der Waals surface area contributed by atoms with E-state index in [1.54, 1.807) is 0 Å². The predicted molar refractivity (Wildman–Crippen MR) is 54.9 cm³/mol. The third kappa shape index (κ3) is 2.47. The minimum atomic E-state index is -0.342. The van der Waals surface area contributed by atoms with Gasteiger partial charge in [-0.25, -0.2) is 0 Å². The third-order valence-corrected chi connectivity index (χ3v) is 3.08. The van der Waals surface area contributed by atoms with Crippen LogP contribution in [0, 0.1) is 5.92 Å². The molecule has 1 heterocycles. The smallest absolute Gasteiger partial charge is 0.242 e. The lowest BCUT2D eigenvalue weighted by Crippen LogP contribution is -2.49. The Labute approximate surface area is 88.8 Å². The van der Waals surface area contributed by atoms with Crippen LogP contribution in [0.4, 0.5) is 0 Å². The van der Waals surface area contributed by atoms with E-state index in [0.29, 0.717) is 25.3 Å². The summed E-state index contributed by atoms with van der Waals surface area (Å²) in [4.78, 5) is 22.7. The van der Waals surface area contributed by atoms with Crippen molar-refractivity contribution in [2.45, 2.75) is 37.8 Å². The second-order valence-electron chi connectivity index (χ2n) is 4.35. The average molecular weight is 211 g/mol. The van der Waals surface area contributed by atoms with Crippen LogP contribution in [-0.2, 0) is 9.59 Å². The van der Waals surface area contributed by atoms with Gasteiger partial charge in [0.25, 0.3) is 0 Å². The first-order valence-corrected chi connectivity index (χ1v) is 5.50. The van der Waals surface area contributed by atoms with Crippen LogP contribution >= 0.6 is 0 Å². The monoisotopic (exact) mass is 211 g/mol. The molecule has 0 aromatic carbocycles. The molecule has 2 fully saturated rings. The average Bonchev–Trinajstić information content (AvgIpc) is 2.97. The molecule has 0 radical (unpaired) electrons. The zero-order valence-corrected chi connectivity index (χ0v) is 8.66. The minimum absolute atomic E-state index is 0.0362. The van der Waals surface area contributed by atoms with E-state index in [2.05, 4.69) is 10.6 Å². The second kappa shape index (κ2) is 4.18.